The lowest BCUT2D eigenvalue weighted by molar-refractivity contribution is 0.0743. The van der Waals surface area contributed by atoms with Gasteiger partial charge in [0.25, 0.3) is 0 Å². The molecule has 196 valence electrons. The van der Waals surface area contributed by atoms with E-state index in [1.54, 1.807) is 6.92 Å². The Labute approximate surface area is 211 Å². The number of halogens is 4. The molecule has 4 atom stereocenters. The Morgan fingerprint density at radius 1 is 0.750 bits per heavy atom. The molecule has 4 rings (SSSR count). The second-order valence-corrected chi connectivity index (χ2v) is 10.2. The minimum atomic E-state index is -1.28. The first kappa shape index (κ1) is 26.6. The van der Waals surface area contributed by atoms with Gasteiger partial charge in [0, 0.05) is 11.1 Å². The van der Waals surface area contributed by atoms with Gasteiger partial charge in [-0.2, -0.15) is 8.78 Å². The van der Waals surface area contributed by atoms with Crippen molar-refractivity contribution in [2.75, 3.05) is 13.2 Å². The molecular formula is C30H36F4O2. The third kappa shape index (κ3) is 5.90. The molecular weight excluding hydrogens is 468 g/mol. The van der Waals surface area contributed by atoms with E-state index >= 15 is 0 Å². The van der Waals surface area contributed by atoms with Gasteiger partial charge < -0.3 is 9.47 Å². The van der Waals surface area contributed by atoms with Gasteiger partial charge in [-0.05, 0) is 107 Å². The highest BCUT2D eigenvalue weighted by atomic mass is 19.2. The maximum Gasteiger partial charge on any atom is 0.201 e. The zero-order valence-electron chi connectivity index (χ0n) is 21.2. The van der Waals surface area contributed by atoms with Crippen LogP contribution in [0.5, 0.6) is 11.5 Å². The molecule has 0 bridgehead atoms. The summed E-state index contributed by atoms with van der Waals surface area (Å²) < 4.78 is 69.2. The van der Waals surface area contributed by atoms with Crippen LogP contribution in [0.25, 0.3) is 11.1 Å². The van der Waals surface area contributed by atoms with Gasteiger partial charge >= 0.3 is 0 Å². The second-order valence-electron chi connectivity index (χ2n) is 10.2. The second kappa shape index (κ2) is 12.2. The Balaban J connectivity index is 1.36. The number of ether oxygens (including phenoxy) is 2. The van der Waals surface area contributed by atoms with Crippen molar-refractivity contribution in [3.05, 3.63) is 59.7 Å². The van der Waals surface area contributed by atoms with E-state index in [0.717, 1.165) is 37.5 Å². The zero-order valence-corrected chi connectivity index (χ0v) is 21.2. The van der Waals surface area contributed by atoms with E-state index in [-0.39, 0.29) is 29.2 Å². The maximum absolute atomic E-state index is 14.9. The first-order chi connectivity index (χ1) is 17.4. The van der Waals surface area contributed by atoms with Crippen LogP contribution in [-0.2, 0) is 0 Å². The lowest BCUT2D eigenvalue weighted by atomic mass is 9.64. The quantitative estimate of drug-likeness (QED) is 0.251. The predicted molar refractivity (Wildman–Crippen MR) is 134 cm³/mol. The van der Waals surface area contributed by atoms with Crippen LogP contribution in [0, 0.1) is 46.9 Å². The number of fused-ring (bicyclic) bond motifs is 1. The molecule has 2 aromatic rings. The van der Waals surface area contributed by atoms with Crippen molar-refractivity contribution >= 4 is 0 Å². The smallest absolute Gasteiger partial charge is 0.201 e. The molecule has 0 heterocycles. The predicted octanol–water partition coefficient (Wildman–Crippen LogP) is 8.88. The molecule has 0 spiro atoms. The Bertz CT molecular complexity index is 1070. The normalized spacial score (nSPS) is 24.1. The van der Waals surface area contributed by atoms with E-state index in [1.165, 1.54) is 49.9 Å². The fraction of sp³-hybridized carbons (Fsp3) is 0.533. The van der Waals surface area contributed by atoms with Crippen molar-refractivity contribution in [2.24, 2.45) is 23.7 Å². The van der Waals surface area contributed by atoms with Crippen LogP contribution >= 0.6 is 0 Å². The summed E-state index contributed by atoms with van der Waals surface area (Å²) in [5.74, 6) is -2.82. The van der Waals surface area contributed by atoms with Crippen molar-refractivity contribution in [1.82, 2.24) is 0 Å². The molecule has 0 radical (unpaired) electrons. The van der Waals surface area contributed by atoms with Crippen molar-refractivity contribution in [2.45, 2.75) is 65.2 Å². The molecule has 36 heavy (non-hydrogen) atoms. The highest BCUT2D eigenvalue weighted by Crippen LogP contribution is 2.46. The van der Waals surface area contributed by atoms with Gasteiger partial charge in [-0.3, -0.25) is 0 Å². The number of rotatable bonds is 9. The van der Waals surface area contributed by atoms with Crippen LogP contribution < -0.4 is 9.47 Å². The molecule has 0 N–H and O–H groups in total. The van der Waals surface area contributed by atoms with E-state index in [2.05, 4.69) is 19.1 Å². The summed E-state index contributed by atoms with van der Waals surface area (Å²) in [6, 6.07) is 4.93. The van der Waals surface area contributed by atoms with Gasteiger partial charge in [-0.15, -0.1) is 0 Å². The van der Waals surface area contributed by atoms with E-state index < -0.39 is 23.3 Å². The average Bonchev–Trinajstić information content (AvgIpc) is 2.88. The highest BCUT2D eigenvalue weighted by Gasteiger charge is 2.35. The third-order valence-corrected chi connectivity index (χ3v) is 7.97. The summed E-state index contributed by atoms with van der Waals surface area (Å²) >= 11 is 0. The molecule has 2 nitrogen and oxygen atoms in total. The van der Waals surface area contributed by atoms with E-state index in [1.807, 2.05) is 0 Å². The third-order valence-electron chi connectivity index (χ3n) is 7.97. The molecule has 0 amide bonds. The van der Waals surface area contributed by atoms with Gasteiger partial charge in [0.15, 0.2) is 23.1 Å². The van der Waals surface area contributed by atoms with E-state index in [9.17, 15) is 17.6 Å². The maximum atomic E-state index is 14.9. The fourth-order valence-electron chi connectivity index (χ4n) is 6.06. The van der Waals surface area contributed by atoms with Crippen molar-refractivity contribution in [3.8, 4) is 22.6 Å². The Hall–Kier alpha value is -2.50. The minimum Gasteiger partial charge on any atom is -0.491 e. The summed E-state index contributed by atoms with van der Waals surface area (Å²) in [6.45, 7) is 4.20. The van der Waals surface area contributed by atoms with Crippen LogP contribution in [0.2, 0.25) is 0 Å². The molecule has 0 aromatic heterocycles. The lowest BCUT2D eigenvalue weighted by Gasteiger charge is -2.42. The topological polar surface area (TPSA) is 18.5 Å². The SMILES string of the molecule is CC=CCCC1CCC2CC(COc3ccc(-c4ccc(OCC)c(F)c4F)c(F)c3F)CCC2C1. The number of benzene rings is 2. The highest BCUT2D eigenvalue weighted by molar-refractivity contribution is 5.67. The molecule has 2 aliphatic rings. The summed E-state index contributed by atoms with van der Waals surface area (Å²) in [4.78, 5) is 0. The largest absolute Gasteiger partial charge is 0.491 e. The van der Waals surface area contributed by atoms with Gasteiger partial charge in [-0.1, -0.05) is 18.6 Å². The number of hydrogen-bond acceptors (Lipinski definition) is 2. The Morgan fingerprint density at radius 3 is 1.89 bits per heavy atom. The van der Waals surface area contributed by atoms with Crippen LogP contribution in [0.1, 0.15) is 65.2 Å². The van der Waals surface area contributed by atoms with Crippen molar-refractivity contribution in [3.63, 3.8) is 0 Å². The molecule has 2 saturated carbocycles. The fourth-order valence-corrected chi connectivity index (χ4v) is 6.06. The Morgan fingerprint density at radius 2 is 1.31 bits per heavy atom. The van der Waals surface area contributed by atoms with Crippen molar-refractivity contribution < 1.29 is 27.0 Å². The zero-order chi connectivity index (χ0) is 25.7. The van der Waals surface area contributed by atoms with Gasteiger partial charge in [0.2, 0.25) is 11.6 Å². The first-order valence-electron chi connectivity index (χ1n) is 13.3. The summed E-state index contributed by atoms with van der Waals surface area (Å²) in [6.07, 6.45) is 13.9. The number of allylic oxidation sites excluding steroid dienone is 2. The average molecular weight is 505 g/mol. The van der Waals surface area contributed by atoms with Crippen molar-refractivity contribution in [1.29, 1.82) is 0 Å². The van der Waals surface area contributed by atoms with Gasteiger partial charge in [0.1, 0.15) is 0 Å². The molecule has 6 heteroatoms. The van der Waals surface area contributed by atoms with Gasteiger partial charge in [0.05, 0.1) is 13.2 Å². The molecule has 0 saturated heterocycles. The molecule has 0 aliphatic heterocycles. The van der Waals surface area contributed by atoms with E-state index in [4.69, 9.17) is 9.47 Å². The summed E-state index contributed by atoms with van der Waals surface area (Å²) in [5, 5.41) is 0. The first-order valence-corrected chi connectivity index (χ1v) is 13.3. The van der Waals surface area contributed by atoms with E-state index in [0.29, 0.717) is 18.4 Å². The Kier molecular flexibility index (Phi) is 8.97. The molecule has 4 unspecified atom stereocenters. The summed E-state index contributed by atoms with van der Waals surface area (Å²) in [7, 11) is 0. The summed E-state index contributed by atoms with van der Waals surface area (Å²) in [5.41, 5.74) is -0.718. The standard InChI is InChI=1S/C30H36F4O2/c1-3-5-6-7-19-8-10-22-17-20(9-11-21(22)16-19)18-36-26-15-13-24(28(32)30(26)34)23-12-14-25(35-4-2)29(33)27(23)31/h3,5,12-15,19-22H,4,6-11,16-18H2,1-2H3. The minimum absolute atomic E-state index is 0.157. The van der Waals surface area contributed by atoms with Crippen LogP contribution in [0.3, 0.4) is 0 Å². The van der Waals surface area contributed by atoms with Gasteiger partial charge in [-0.25, -0.2) is 8.78 Å². The number of hydrogen-bond donors (Lipinski definition) is 0. The van der Waals surface area contributed by atoms with Crippen LogP contribution in [0.4, 0.5) is 17.6 Å². The monoisotopic (exact) mass is 504 g/mol. The van der Waals surface area contributed by atoms with Crippen LogP contribution in [-0.4, -0.2) is 13.2 Å². The molecule has 2 aliphatic carbocycles. The molecule has 2 fully saturated rings. The molecule has 2 aromatic carbocycles. The van der Waals surface area contributed by atoms with Crippen LogP contribution in [0.15, 0.2) is 36.4 Å². The lowest BCUT2D eigenvalue weighted by Crippen LogP contribution is -2.33.